The van der Waals surface area contributed by atoms with Crippen molar-refractivity contribution in [1.82, 2.24) is 14.8 Å². The van der Waals surface area contributed by atoms with Gasteiger partial charge in [-0.3, -0.25) is 14.5 Å². The van der Waals surface area contributed by atoms with Crippen molar-refractivity contribution in [2.24, 2.45) is 0 Å². The van der Waals surface area contributed by atoms with Crippen LogP contribution in [-0.4, -0.2) is 91.2 Å². The summed E-state index contributed by atoms with van der Waals surface area (Å²) in [6.45, 7) is 7.41. The lowest BCUT2D eigenvalue weighted by atomic mass is 9.93. The smallest absolute Gasteiger partial charge is 0.354 e. The summed E-state index contributed by atoms with van der Waals surface area (Å²) in [5.41, 5.74) is 1.94. The number of morpholine rings is 1. The van der Waals surface area contributed by atoms with Gasteiger partial charge in [0, 0.05) is 43.0 Å². The summed E-state index contributed by atoms with van der Waals surface area (Å²) in [6.07, 6.45) is 0.646. The Hall–Kier alpha value is -3.63. The summed E-state index contributed by atoms with van der Waals surface area (Å²) in [5, 5.41) is 11.5. The van der Waals surface area contributed by atoms with E-state index in [1.54, 1.807) is 38.1 Å². The summed E-state index contributed by atoms with van der Waals surface area (Å²) >= 11 is 0. The highest BCUT2D eigenvalue weighted by atomic mass is 16.5. The number of nitrogens with zero attached hydrogens (tertiary/aromatic N) is 2. The Kier molecular flexibility index (Phi) is 7.99. The molecule has 1 atom stereocenters. The maximum Gasteiger partial charge on any atom is 0.354 e. The summed E-state index contributed by atoms with van der Waals surface area (Å²) in [4.78, 5) is 45.7. The average molecular weight is 512 g/mol. The molecule has 3 heterocycles. The summed E-state index contributed by atoms with van der Waals surface area (Å²) in [6, 6.07) is 6.29. The van der Waals surface area contributed by atoms with Gasteiger partial charge >= 0.3 is 5.97 Å². The fourth-order valence-electron chi connectivity index (χ4n) is 5.16. The number of Topliss-reactive ketones (excluding diaryl/α,β-unsaturated/α-hetero) is 1. The van der Waals surface area contributed by atoms with Crippen LogP contribution in [0.15, 0.2) is 29.8 Å². The second-order valence-electron chi connectivity index (χ2n) is 9.16. The third-order valence-corrected chi connectivity index (χ3v) is 7.01. The van der Waals surface area contributed by atoms with E-state index in [0.29, 0.717) is 54.3 Å². The number of rotatable bonds is 8. The van der Waals surface area contributed by atoms with Gasteiger partial charge in [-0.1, -0.05) is 18.2 Å². The van der Waals surface area contributed by atoms with Gasteiger partial charge in [-0.2, -0.15) is 0 Å². The first-order valence-electron chi connectivity index (χ1n) is 12.3. The van der Waals surface area contributed by atoms with Crippen molar-refractivity contribution < 1.29 is 33.7 Å². The predicted octanol–water partition coefficient (Wildman–Crippen LogP) is 2.57. The molecule has 2 aromatic rings. The zero-order chi connectivity index (χ0) is 26.7. The molecule has 4 rings (SSSR count). The molecule has 1 aromatic carbocycles. The number of aromatic nitrogens is 1. The van der Waals surface area contributed by atoms with Crippen molar-refractivity contribution in [2.75, 3.05) is 53.6 Å². The van der Waals surface area contributed by atoms with Gasteiger partial charge in [0.1, 0.15) is 17.2 Å². The molecule has 0 saturated carbocycles. The Morgan fingerprint density at radius 3 is 2.51 bits per heavy atom. The first-order valence-corrected chi connectivity index (χ1v) is 12.3. The molecule has 0 bridgehead atoms. The molecule has 10 nitrogen and oxygen atoms in total. The van der Waals surface area contributed by atoms with Crippen LogP contribution in [0.4, 0.5) is 0 Å². The van der Waals surface area contributed by atoms with Crippen LogP contribution in [-0.2, 0) is 19.1 Å². The number of benzene rings is 1. The number of aliphatic hydroxyl groups excluding tert-OH is 1. The Morgan fingerprint density at radius 2 is 1.84 bits per heavy atom. The van der Waals surface area contributed by atoms with Gasteiger partial charge < -0.3 is 29.2 Å². The van der Waals surface area contributed by atoms with E-state index < -0.39 is 23.7 Å². The number of ether oxygens (including phenoxy) is 3. The van der Waals surface area contributed by atoms with Crippen LogP contribution in [0.1, 0.15) is 45.3 Å². The lowest BCUT2D eigenvalue weighted by molar-refractivity contribution is -0.140. The van der Waals surface area contributed by atoms with E-state index >= 15 is 0 Å². The van der Waals surface area contributed by atoms with Crippen molar-refractivity contribution >= 4 is 23.4 Å². The fraction of sp³-hybridized carbons (Fsp3) is 0.444. The molecule has 2 aliphatic rings. The molecule has 198 valence electrons. The number of hydrogen-bond acceptors (Lipinski definition) is 8. The van der Waals surface area contributed by atoms with Crippen molar-refractivity contribution in [3.8, 4) is 5.75 Å². The molecular weight excluding hydrogens is 478 g/mol. The third-order valence-electron chi connectivity index (χ3n) is 7.01. The van der Waals surface area contributed by atoms with E-state index in [9.17, 15) is 19.5 Å². The monoisotopic (exact) mass is 511 g/mol. The minimum Gasteiger partial charge on any atom is -0.507 e. The maximum atomic E-state index is 13.4. The first-order chi connectivity index (χ1) is 17.8. The number of methoxy groups -OCH3 is 2. The van der Waals surface area contributed by atoms with E-state index in [0.717, 1.165) is 19.6 Å². The van der Waals surface area contributed by atoms with Crippen LogP contribution in [0, 0.1) is 13.8 Å². The van der Waals surface area contributed by atoms with Gasteiger partial charge in [-0.15, -0.1) is 0 Å². The van der Waals surface area contributed by atoms with Gasteiger partial charge in [0.15, 0.2) is 0 Å². The molecule has 10 heteroatoms. The SMILES string of the molecule is COC(=O)c1[nH]c(C)c(C(O)=C2C(=O)C(=O)N(CCCN3CCOCC3)C2c2ccccc2OC)c1C. The number of esters is 1. The predicted molar refractivity (Wildman–Crippen MR) is 135 cm³/mol. The molecule has 2 saturated heterocycles. The molecule has 2 fully saturated rings. The second kappa shape index (κ2) is 11.2. The van der Waals surface area contributed by atoms with Crippen molar-refractivity contribution in [3.05, 3.63) is 57.9 Å². The Bertz CT molecular complexity index is 1230. The average Bonchev–Trinajstić information content (AvgIpc) is 3.35. The Morgan fingerprint density at radius 1 is 1.14 bits per heavy atom. The fourth-order valence-corrected chi connectivity index (χ4v) is 5.16. The number of H-pyrrole nitrogens is 1. The molecule has 1 amide bonds. The number of carbonyl (C=O) groups excluding carboxylic acids is 3. The van der Waals surface area contributed by atoms with Crippen molar-refractivity contribution in [2.45, 2.75) is 26.3 Å². The number of aliphatic hydroxyl groups is 1. The van der Waals surface area contributed by atoms with Gasteiger partial charge in [0.05, 0.1) is 39.0 Å². The van der Waals surface area contributed by atoms with E-state index in [-0.39, 0.29) is 17.0 Å². The molecule has 0 aliphatic carbocycles. The summed E-state index contributed by atoms with van der Waals surface area (Å²) in [7, 11) is 2.79. The lowest BCUT2D eigenvalue weighted by Gasteiger charge is -2.29. The normalized spacial score (nSPS) is 19.9. The highest BCUT2D eigenvalue weighted by Gasteiger charge is 2.47. The van der Waals surface area contributed by atoms with Gasteiger partial charge in [0.25, 0.3) is 11.7 Å². The molecule has 0 radical (unpaired) electrons. The van der Waals surface area contributed by atoms with Crippen LogP contribution >= 0.6 is 0 Å². The maximum absolute atomic E-state index is 13.4. The van der Waals surface area contributed by atoms with Crippen LogP contribution in [0.5, 0.6) is 5.75 Å². The topological polar surface area (TPSA) is 121 Å². The molecule has 1 aromatic heterocycles. The first kappa shape index (κ1) is 26.4. The number of para-hydroxylation sites is 1. The second-order valence-corrected chi connectivity index (χ2v) is 9.16. The largest absolute Gasteiger partial charge is 0.507 e. The quantitative estimate of drug-likeness (QED) is 0.240. The number of hydrogen-bond donors (Lipinski definition) is 2. The molecule has 0 spiro atoms. The third kappa shape index (κ3) is 4.99. The number of ketones is 1. The Labute approximate surface area is 215 Å². The standard InChI is InChI=1S/C27H33N3O7/c1-16-20(17(2)28-22(16)27(34)36-4)24(31)21-23(18-8-5-6-9-19(18)35-3)30(26(33)25(21)32)11-7-10-29-12-14-37-15-13-29/h5-6,8-9,23,28,31H,7,10-15H2,1-4H3. The number of nitrogens with one attached hydrogen (secondary N) is 1. The number of aromatic amines is 1. The minimum atomic E-state index is -0.851. The van der Waals surface area contributed by atoms with E-state index in [1.165, 1.54) is 19.1 Å². The van der Waals surface area contributed by atoms with Crippen molar-refractivity contribution in [3.63, 3.8) is 0 Å². The van der Waals surface area contributed by atoms with E-state index in [1.807, 2.05) is 0 Å². The number of carbonyl (C=O) groups is 3. The van der Waals surface area contributed by atoms with Crippen LogP contribution in [0.3, 0.4) is 0 Å². The summed E-state index contributed by atoms with van der Waals surface area (Å²) in [5.74, 6) is -1.90. The molecule has 37 heavy (non-hydrogen) atoms. The van der Waals surface area contributed by atoms with Crippen LogP contribution < -0.4 is 4.74 Å². The molecule has 2 aliphatic heterocycles. The van der Waals surface area contributed by atoms with E-state index in [2.05, 4.69) is 9.88 Å². The van der Waals surface area contributed by atoms with Gasteiger partial charge in [-0.05, 0) is 31.9 Å². The highest BCUT2D eigenvalue weighted by molar-refractivity contribution is 6.46. The molecule has 2 N–H and O–H groups in total. The number of likely N-dealkylation sites (tertiary alicyclic amines) is 1. The van der Waals surface area contributed by atoms with Gasteiger partial charge in [-0.25, -0.2) is 4.79 Å². The minimum absolute atomic E-state index is 0.0394. The highest BCUT2D eigenvalue weighted by Crippen LogP contribution is 2.43. The molecular formula is C27H33N3O7. The summed E-state index contributed by atoms with van der Waals surface area (Å²) < 4.78 is 15.8. The van der Waals surface area contributed by atoms with Crippen LogP contribution in [0.2, 0.25) is 0 Å². The zero-order valence-electron chi connectivity index (χ0n) is 21.6. The zero-order valence-corrected chi connectivity index (χ0v) is 21.6. The van der Waals surface area contributed by atoms with Crippen LogP contribution in [0.25, 0.3) is 5.76 Å². The number of amides is 1. The molecule has 1 unspecified atom stereocenters. The lowest BCUT2D eigenvalue weighted by Crippen LogP contribution is -2.39. The number of aryl methyl sites for hydroxylation is 1. The Balaban J connectivity index is 1.78. The van der Waals surface area contributed by atoms with E-state index in [4.69, 9.17) is 14.2 Å². The van der Waals surface area contributed by atoms with Gasteiger partial charge in [0.2, 0.25) is 0 Å². The van der Waals surface area contributed by atoms with Crippen molar-refractivity contribution in [1.29, 1.82) is 0 Å².